The number of carbonyl (C=O) groups excluding carboxylic acids is 2. The highest BCUT2D eigenvalue weighted by molar-refractivity contribution is 5.80. The second-order valence-corrected chi connectivity index (χ2v) is 9.84. The van der Waals surface area contributed by atoms with Crippen LogP contribution in [0.3, 0.4) is 0 Å². The maximum atomic E-state index is 12.2. The topological polar surface area (TPSA) is 54.4 Å². The van der Waals surface area contributed by atoms with Crippen LogP contribution in [0.2, 0.25) is 0 Å². The molecule has 3 heteroatoms. The molecule has 0 heterocycles. The van der Waals surface area contributed by atoms with Crippen molar-refractivity contribution in [1.29, 1.82) is 0 Å². The number of ketones is 2. The summed E-state index contributed by atoms with van der Waals surface area (Å²) in [6.45, 7) is 6.36. The standard InChI is InChI=1S/C21H32O3/c1-12(22)16-6-7-17-15-5-4-13-10-14(23)8-9-20(13,2)19(15)18(24)11-21(16,17)3/h13,15-19,24H,4-11H2,1-3H3/t13?,15-,16+,17-,18+,19+,20-,21+/m0/s1. The lowest BCUT2D eigenvalue weighted by Crippen LogP contribution is -2.59. The Labute approximate surface area is 145 Å². The van der Waals surface area contributed by atoms with Crippen LogP contribution in [-0.2, 0) is 9.59 Å². The highest BCUT2D eigenvalue weighted by Crippen LogP contribution is 2.67. The highest BCUT2D eigenvalue weighted by atomic mass is 16.3. The Bertz CT molecular complexity index is 569. The molecule has 0 aliphatic heterocycles. The summed E-state index contributed by atoms with van der Waals surface area (Å²) in [6.07, 6.45) is 7.27. The van der Waals surface area contributed by atoms with Crippen LogP contribution in [0.15, 0.2) is 0 Å². The first-order chi connectivity index (χ1) is 11.3. The Morgan fingerprint density at radius 1 is 1.12 bits per heavy atom. The van der Waals surface area contributed by atoms with Gasteiger partial charge in [-0.3, -0.25) is 9.59 Å². The van der Waals surface area contributed by atoms with Crippen LogP contribution in [0.1, 0.15) is 72.1 Å². The SMILES string of the molecule is CC(=O)[C@H]1CC[C@H]2[C@@H]3CCC4CC(=O)CC[C@]4(C)[C@H]3[C@H](O)C[C@]12C. The van der Waals surface area contributed by atoms with Gasteiger partial charge in [0.25, 0.3) is 0 Å². The zero-order valence-corrected chi connectivity index (χ0v) is 15.4. The van der Waals surface area contributed by atoms with Gasteiger partial charge in [-0.15, -0.1) is 0 Å². The van der Waals surface area contributed by atoms with Gasteiger partial charge in [-0.1, -0.05) is 13.8 Å². The molecule has 4 fully saturated rings. The van der Waals surface area contributed by atoms with Crippen molar-refractivity contribution in [2.75, 3.05) is 0 Å². The lowest BCUT2D eigenvalue weighted by Gasteiger charge is -2.61. The summed E-state index contributed by atoms with van der Waals surface area (Å²) in [5, 5.41) is 11.2. The van der Waals surface area contributed by atoms with Gasteiger partial charge in [-0.05, 0) is 80.0 Å². The Balaban J connectivity index is 1.68. The summed E-state index contributed by atoms with van der Waals surface area (Å²) in [4.78, 5) is 24.1. The molecule has 0 radical (unpaired) electrons. The minimum Gasteiger partial charge on any atom is -0.393 e. The fourth-order valence-electron chi connectivity index (χ4n) is 7.84. The van der Waals surface area contributed by atoms with E-state index in [-0.39, 0.29) is 22.9 Å². The van der Waals surface area contributed by atoms with E-state index in [0.717, 1.165) is 44.9 Å². The van der Waals surface area contributed by atoms with Crippen molar-refractivity contribution in [3.8, 4) is 0 Å². The first-order valence-corrected chi connectivity index (χ1v) is 9.97. The van der Waals surface area contributed by atoms with E-state index in [2.05, 4.69) is 13.8 Å². The number of hydrogen-bond donors (Lipinski definition) is 1. The Morgan fingerprint density at radius 3 is 2.58 bits per heavy atom. The molecule has 4 aliphatic carbocycles. The molecule has 0 spiro atoms. The van der Waals surface area contributed by atoms with E-state index in [4.69, 9.17) is 0 Å². The van der Waals surface area contributed by atoms with Gasteiger partial charge >= 0.3 is 0 Å². The molecule has 24 heavy (non-hydrogen) atoms. The minimum absolute atomic E-state index is 0.0138. The predicted molar refractivity (Wildman–Crippen MR) is 92.3 cm³/mol. The van der Waals surface area contributed by atoms with Gasteiger partial charge in [0, 0.05) is 18.8 Å². The summed E-state index contributed by atoms with van der Waals surface area (Å²) in [5.41, 5.74) is 0.103. The monoisotopic (exact) mass is 332 g/mol. The van der Waals surface area contributed by atoms with E-state index < -0.39 is 0 Å². The summed E-state index contributed by atoms with van der Waals surface area (Å²) in [6, 6.07) is 0. The van der Waals surface area contributed by atoms with E-state index in [1.807, 2.05) is 0 Å². The van der Waals surface area contributed by atoms with Crippen molar-refractivity contribution in [2.24, 2.45) is 40.4 Å². The van der Waals surface area contributed by atoms with Crippen molar-refractivity contribution < 1.29 is 14.7 Å². The molecule has 4 saturated carbocycles. The van der Waals surface area contributed by atoms with Gasteiger partial charge in [0.2, 0.25) is 0 Å². The molecular formula is C21H32O3. The fourth-order valence-corrected chi connectivity index (χ4v) is 7.84. The third-order valence-electron chi connectivity index (χ3n) is 8.90. The highest BCUT2D eigenvalue weighted by Gasteiger charge is 2.63. The minimum atomic E-state index is -0.308. The average molecular weight is 332 g/mol. The predicted octanol–water partition coefficient (Wildman–Crippen LogP) is 3.77. The third kappa shape index (κ3) is 2.12. The van der Waals surface area contributed by atoms with Crippen molar-refractivity contribution in [1.82, 2.24) is 0 Å². The molecule has 0 bridgehead atoms. The van der Waals surface area contributed by atoms with E-state index >= 15 is 0 Å². The van der Waals surface area contributed by atoms with Crippen LogP contribution < -0.4 is 0 Å². The zero-order chi connectivity index (χ0) is 17.3. The van der Waals surface area contributed by atoms with Gasteiger partial charge in [-0.2, -0.15) is 0 Å². The normalized spacial score (nSPS) is 53.9. The van der Waals surface area contributed by atoms with Crippen molar-refractivity contribution >= 4 is 11.6 Å². The van der Waals surface area contributed by atoms with Gasteiger partial charge in [0.15, 0.2) is 0 Å². The summed E-state index contributed by atoms with van der Waals surface area (Å²) in [5.74, 6) is 2.78. The summed E-state index contributed by atoms with van der Waals surface area (Å²) >= 11 is 0. The first kappa shape index (κ1) is 16.8. The second kappa shape index (κ2) is 5.40. The van der Waals surface area contributed by atoms with Crippen LogP contribution in [0.4, 0.5) is 0 Å². The second-order valence-electron chi connectivity index (χ2n) is 9.84. The lowest BCUT2D eigenvalue weighted by molar-refractivity contribution is -0.173. The largest absolute Gasteiger partial charge is 0.393 e. The molecule has 0 saturated heterocycles. The van der Waals surface area contributed by atoms with Crippen molar-refractivity contribution in [2.45, 2.75) is 78.2 Å². The zero-order valence-electron chi connectivity index (χ0n) is 15.4. The third-order valence-corrected chi connectivity index (χ3v) is 8.90. The Hall–Kier alpha value is -0.700. The van der Waals surface area contributed by atoms with E-state index in [1.54, 1.807) is 6.92 Å². The van der Waals surface area contributed by atoms with Crippen LogP contribution >= 0.6 is 0 Å². The lowest BCUT2D eigenvalue weighted by atomic mass is 9.44. The molecular weight excluding hydrogens is 300 g/mol. The van der Waals surface area contributed by atoms with Gasteiger partial charge in [0.05, 0.1) is 6.10 Å². The number of aliphatic hydroxyl groups is 1. The number of aliphatic hydroxyl groups excluding tert-OH is 1. The smallest absolute Gasteiger partial charge is 0.133 e. The Kier molecular flexibility index (Phi) is 3.77. The fraction of sp³-hybridized carbons (Fsp3) is 0.905. The van der Waals surface area contributed by atoms with Gasteiger partial charge in [-0.25, -0.2) is 0 Å². The van der Waals surface area contributed by atoms with Crippen LogP contribution in [0.25, 0.3) is 0 Å². The number of Topliss-reactive ketones (excluding diaryl/α,β-unsaturated/α-hetero) is 2. The molecule has 134 valence electrons. The van der Waals surface area contributed by atoms with Gasteiger partial charge in [0.1, 0.15) is 11.6 Å². The van der Waals surface area contributed by atoms with E-state index in [1.165, 1.54) is 0 Å². The number of carbonyl (C=O) groups is 2. The molecule has 3 nitrogen and oxygen atoms in total. The molecule has 1 N–H and O–H groups in total. The molecule has 1 unspecified atom stereocenters. The van der Waals surface area contributed by atoms with Crippen molar-refractivity contribution in [3.63, 3.8) is 0 Å². The van der Waals surface area contributed by atoms with E-state index in [0.29, 0.717) is 41.7 Å². The van der Waals surface area contributed by atoms with Gasteiger partial charge < -0.3 is 5.11 Å². The quantitative estimate of drug-likeness (QED) is 0.795. The maximum absolute atomic E-state index is 12.2. The molecule has 8 atom stereocenters. The first-order valence-electron chi connectivity index (χ1n) is 9.97. The number of hydrogen-bond acceptors (Lipinski definition) is 3. The summed E-state index contributed by atoms with van der Waals surface area (Å²) < 4.78 is 0. The number of rotatable bonds is 1. The summed E-state index contributed by atoms with van der Waals surface area (Å²) in [7, 11) is 0. The average Bonchev–Trinajstić information content (AvgIpc) is 2.84. The maximum Gasteiger partial charge on any atom is 0.133 e. The molecule has 0 aromatic heterocycles. The molecule has 0 aromatic rings. The molecule has 0 aromatic carbocycles. The Morgan fingerprint density at radius 2 is 1.88 bits per heavy atom. The van der Waals surface area contributed by atoms with Crippen molar-refractivity contribution in [3.05, 3.63) is 0 Å². The van der Waals surface area contributed by atoms with Crippen LogP contribution in [-0.4, -0.2) is 22.8 Å². The number of fused-ring (bicyclic) bond motifs is 5. The molecule has 0 amide bonds. The van der Waals surface area contributed by atoms with Crippen LogP contribution in [0.5, 0.6) is 0 Å². The molecule has 4 rings (SSSR count). The van der Waals surface area contributed by atoms with E-state index in [9.17, 15) is 14.7 Å². The molecule has 4 aliphatic rings. The van der Waals surface area contributed by atoms with Crippen LogP contribution in [0, 0.1) is 40.4 Å².